The standard InChI is InChI=1S/C10H15N.2C2H6/c1-5-8-10(11-7-3)9(4)6-2;2*1-2/h5-8,11H,1,3H2,2,4H3;2*1-2H3/b9-6-,10-8+;;. The summed E-state index contributed by atoms with van der Waals surface area (Å²) >= 11 is 0. The fraction of sp³-hybridized carbons (Fsp3) is 0.429. The van der Waals surface area contributed by atoms with Crippen molar-refractivity contribution >= 4 is 0 Å². The van der Waals surface area contributed by atoms with Crippen molar-refractivity contribution in [1.82, 2.24) is 5.32 Å². The fourth-order valence-corrected chi connectivity index (χ4v) is 0.677. The topological polar surface area (TPSA) is 12.0 Å². The van der Waals surface area contributed by atoms with Crippen molar-refractivity contribution in [1.29, 1.82) is 0 Å². The first-order valence-electron chi connectivity index (χ1n) is 5.59. The monoisotopic (exact) mass is 209 g/mol. The highest BCUT2D eigenvalue weighted by molar-refractivity contribution is 5.30. The maximum atomic E-state index is 3.62. The largest absolute Gasteiger partial charge is 0.362 e. The molecule has 0 saturated carbocycles. The van der Waals surface area contributed by atoms with Crippen molar-refractivity contribution in [2.24, 2.45) is 0 Å². The summed E-state index contributed by atoms with van der Waals surface area (Å²) in [6.07, 6.45) is 7.35. The van der Waals surface area contributed by atoms with E-state index in [1.165, 1.54) is 5.57 Å². The lowest BCUT2D eigenvalue weighted by Crippen LogP contribution is -2.04. The molecule has 0 unspecified atom stereocenters. The Hall–Kier alpha value is -1.24. The molecule has 0 amide bonds. The molecule has 1 nitrogen and oxygen atoms in total. The van der Waals surface area contributed by atoms with E-state index in [1.54, 1.807) is 12.3 Å². The highest BCUT2D eigenvalue weighted by atomic mass is 14.8. The van der Waals surface area contributed by atoms with Gasteiger partial charge >= 0.3 is 0 Å². The Labute approximate surface area is 96.3 Å². The molecule has 0 saturated heterocycles. The van der Waals surface area contributed by atoms with Gasteiger partial charge in [-0.15, -0.1) is 0 Å². The summed E-state index contributed by atoms with van der Waals surface area (Å²) < 4.78 is 0. The third-order valence-electron chi connectivity index (χ3n) is 1.40. The van der Waals surface area contributed by atoms with Gasteiger partial charge in [0, 0.05) is 5.70 Å². The second-order valence-corrected chi connectivity index (χ2v) is 2.14. The van der Waals surface area contributed by atoms with Crippen LogP contribution in [0.4, 0.5) is 0 Å². The summed E-state index contributed by atoms with van der Waals surface area (Å²) in [5, 5.41) is 3.02. The SMILES string of the molecule is C=C/C=C(NC=C)\C(C)=C/C.CC.CC. The lowest BCUT2D eigenvalue weighted by Gasteiger charge is -2.05. The van der Waals surface area contributed by atoms with Gasteiger partial charge in [0.05, 0.1) is 0 Å². The molecule has 0 fully saturated rings. The van der Waals surface area contributed by atoms with Crippen molar-refractivity contribution in [3.05, 3.63) is 48.9 Å². The van der Waals surface area contributed by atoms with Crippen molar-refractivity contribution in [2.45, 2.75) is 41.5 Å². The van der Waals surface area contributed by atoms with Gasteiger partial charge in [-0.05, 0) is 31.7 Å². The van der Waals surface area contributed by atoms with Crippen LogP contribution < -0.4 is 5.32 Å². The van der Waals surface area contributed by atoms with Gasteiger partial charge in [-0.3, -0.25) is 0 Å². The minimum atomic E-state index is 1.04. The molecule has 0 spiro atoms. The summed E-state index contributed by atoms with van der Waals surface area (Å²) in [4.78, 5) is 0. The highest BCUT2D eigenvalue weighted by Crippen LogP contribution is 2.04. The Morgan fingerprint density at radius 3 is 1.80 bits per heavy atom. The lowest BCUT2D eigenvalue weighted by atomic mass is 10.2. The van der Waals surface area contributed by atoms with Crippen molar-refractivity contribution < 1.29 is 0 Å². The second kappa shape index (κ2) is 18.5. The van der Waals surface area contributed by atoms with Gasteiger partial charge in [0.2, 0.25) is 0 Å². The maximum absolute atomic E-state index is 3.62. The lowest BCUT2D eigenvalue weighted by molar-refractivity contribution is 1.07. The molecule has 0 aliphatic rings. The van der Waals surface area contributed by atoms with Crippen LogP contribution in [0.3, 0.4) is 0 Å². The first-order chi connectivity index (χ1) is 7.26. The molecule has 0 atom stereocenters. The van der Waals surface area contributed by atoms with E-state index >= 15 is 0 Å². The number of rotatable bonds is 4. The zero-order valence-electron chi connectivity index (χ0n) is 11.2. The van der Waals surface area contributed by atoms with E-state index in [2.05, 4.69) is 18.5 Å². The minimum absolute atomic E-state index is 1.04. The quantitative estimate of drug-likeness (QED) is 0.655. The average molecular weight is 209 g/mol. The molecule has 88 valence electrons. The van der Waals surface area contributed by atoms with E-state index in [0.717, 1.165) is 5.70 Å². The Balaban J connectivity index is -0.000000318. The van der Waals surface area contributed by atoms with E-state index in [0.29, 0.717) is 0 Å². The third-order valence-corrected chi connectivity index (χ3v) is 1.40. The van der Waals surface area contributed by atoms with Crippen LogP contribution in [0.2, 0.25) is 0 Å². The van der Waals surface area contributed by atoms with Gasteiger partial charge < -0.3 is 5.32 Å². The Bertz CT molecular complexity index is 197. The fourth-order valence-electron chi connectivity index (χ4n) is 0.677. The summed E-state index contributed by atoms with van der Waals surface area (Å²) in [5.74, 6) is 0. The first-order valence-corrected chi connectivity index (χ1v) is 5.59. The molecule has 0 heterocycles. The first kappa shape index (κ1) is 19.4. The predicted molar refractivity (Wildman–Crippen MR) is 73.7 cm³/mol. The molecule has 1 N–H and O–H groups in total. The third kappa shape index (κ3) is 12.8. The van der Waals surface area contributed by atoms with Crippen LogP contribution in [-0.4, -0.2) is 0 Å². The van der Waals surface area contributed by atoms with Crippen LogP contribution in [0.1, 0.15) is 41.5 Å². The number of hydrogen-bond acceptors (Lipinski definition) is 1. The van der Waals surface area contributed by atoms with Crippen LogP contribution in [0, 0.1) is 0 Å². The summed E-state index contributed by atoms with van der Waals surface area (Å²) in [7, 11) is 0. The second-order valence-electron chi connectivity index (χ2n) is 2.14. The van der Waals surface area contributed by atoms with Crippen LogP contribution in [0.15, 0.2) is 48.9 Å². The smallest absolute Gasteiger partial charge is 0.0405 e. The van der Waals surface area contributed by atoms with Crippen molar-refractivity contribution in [3.8, 4) is 0 Å². The average Bonchev–Trinajstić information content (AvgIpc) is 2.33. The van der Waals surface area contributed by atoms with E-state index in [4.69, 9.17) is 0 Å². The van der Waals surface area contributed by atoms with Gasteiger partial charge in [0.15, 0.2) is 0 Å². The minimum Gasteiger partial charge on any atom is -0.362 e. The number of allylic oxidation sites excluding steroid dienone is 4. The summed E-state index contributed by atoms with van der Waals surface area (Å²) in [6.45, 7) is 19.2. The molecule has 15 heavy (non-hydrogen) atoms. The normalized spacial score (nSPS) is 10.0. The summed E-state index contributed by atoms with van der Waals surface area (Å²) in [6, 6.07) is 0. The molecule has 0 aliphatic carbocycles. The Morgan fingerprint density at radius 1 is 1.07 bits per heavy atom. The van der Waals surface area contributed by atoms with Crippen LogP contribution in [0.25, 0.3) is 0 Å². The molecule has 0 aromatic heterocycles. The molecule has 0 aromatic carbocycles. The summed E-state index contributed by atoms with van der Waals surface area (Å²) in [5.41, 5.74) is 2.22. The molecule has 0 aliphatic heterocycles. The maximum Gasteiger partial charge on any atom is 0.0405 e. The molecule has 0 rings (SSSR count). The molecule has 0 radical (unpaired) electrons. The van der Waals surface area contributed by atoms with E-state index < -0.39 is 0 Å². The van der Waals surface area contributed by atoms with E-state index in [9.17, 15) is 0 Å². The zero-order chi connectivity index (χ0) is 12.7. The molecular weight excluding hydrogens is 182 g/mol. The van der Waals surface area contributed by atoms with Crippen LogP contribution in [0.5, 0.6) is 0 Å². The molecular formula is C14H27N. The van der Waals surface area contributed by atoms with Gasteiger partial charge in [0.25, 0.3) is 0 Å². The van der Waals surface area contributed by atoms with E-state index in [1.807, 2.05) is 53.7 Å². The van der Waals surface area contributed by atoms with Gasteiger partial charge in [-0.1, -0.05) is 53.0 Å². The number of hydrogen-bond donors (Lipinski definition) is 1. The Morgan fingerprint density at radius 2 is 1.53 bits per heavy atom. The van der Waals surface area contributed by atoms with Gasteiger partial charge in [-0.2, -0.15) is 0 Å². The number of nitrogens with one attached hydrogen (secondary N) is 1. The molecule has 0 aromatic rings. The van der Waals surface area contributed by atoms with Crippen LogP contribution >= 0.6 is 0 Å². The predicted octanol–water partition coefficient (Wildman–Crippen LogP) is 4.81. The van der Waals surface area contributed by atoms with Gasteiger partial charge in [-0.25, -0.2) is 0 Å². The van der Waals surface area contributed by atoms with Crippen molar-refractivity contribution in [3.63, 3.8) is 0 Å². The van der Waals surface area contributed by atoms with Crippen molar-refractivity contribution in [2.75, 3.05) is 0 Å². The zero-order valence-corrected chi connectivity index (χ0v) is 11.2. The van der Waals surface area contributed by atoms with Crippen LogP contribution in [-0.2, 0) is 0 Å². The van der Waals surface area contributed by atoms with E-state index in [-0.39, 0.29) is 0 Å². The van der Waals surface area contributed by atoms with Gasteiger partial charge in [0.1, 0.15) is 0 Å². The highest BCUT2D eigenvalue weighted by Gasteiger charge is 1.92. The molecule has 0 bridgehead atoms. The molecule has 1 heteroatoms. The Kier molecular flexibility index (Phi) is 23.9.